The van der Waals surface area contributed by atoms with Crippen molar-refractivity contribution in [2.24, 2.45) is 0 Å². The highest BCUT2D eigenvalue weighted by atomic mass is 32.2. The Morgan fingerprint density at radius 2 is 1.83 bits per heavy atom. The number of sulfonamides is 1. The molecule has 0 fully saturated rings. The molecule has 0 aliphatic carbocycles. The third kappa shape index (κ3) is 2.90. The van der Waals surface area contributed by atoms with Gasteiger partial charge in [0.25, 0.3) is 10.0 Å². The van der Waals surface area contributed by atoms with Gasteiger partial charge in [-0.15, -0.1) is 0 Å². The number of halogens is 1. The number of benzene rings is 2. The van der Waals surface area contributed by atoms with Crippen LogP contribution in [0, 0.1) is 5.82 Å². The summed E-state index contributed by atoms with van der Waals surface area (Å²) < 4.78 is 45.4. The predicted octanol–water partition coefficient (Wildman–Crippen LogP) is 1.80. The fourth-order valence-corrected chi connectivity index (χ4v) is 3.20. The topological polar surface area (TPSA) is 104 Å². The number of ether oxygens (including phenoxy) is 1. The summed E-state index contributed by atoms with van der Waals surface area (Å²) in [5.41, 5.74) is 0.480. The van der Waals surface area contributed by atoms with Crippen LogP contribution in [0.15, 0.2) is 46.1 Å². The molecule has 0 saturated carbocycles. The van der Waals surface area contributed by atoms with Crippen LogP contribution in [-0.2, 0) is 10.0 Å². The molecule has 0 bridgehead atoms. The Bertz CT molecular complexity index is 1040. The fraction of sp³-hybridized carbons (Fsp3) is 0.0714. The molecule has 0 aliphatic rings. The summed E-state index contributed by atoms with van der Waals surface area (Å²) >= 11 is 0. The van der Waals surface area contributed by atoms with Crippen molar-refractivity contribution in [3.05, 3.63) is 52.7 Å². The van der Waals surface area contributed by atoms with E-state index in [9.17, 15) is 17.6 Å². The molecule has 0 saturated heterocycles. The van der Waals surface area contributed by atoms with Crippen LogP contribution in [0.5, 0.6) is 5.75 Å². The molecule has 0 radical (unpaired) electrons. The molecule has 3 aromatic rings. The Labute approximate surface area is 130 Å². The van der Waals surface area contributed by atoms with E-state index in [-0.39, 0.29) is 16.3 Å². The highest BCUT2D eigenvalue weighted by Gasteiger charge is 2.16. The maximum absolute atomic E-state index is 13.6. The van der Waals surface area contributed by atoms with Gasteiger partial charge in [-0.1, -0.05) is 0 Å². The standard InChI is InChI=1S/C14H12FN3O4S/c1-22-13-5-2-8(6-10(13)15)18-23(20,21)9-3-4-11-12(7-9)17-14(19)16-11/h2-7,18H,1H3,(H2,16,17,19). The fourth-order valence-electron chi connectivity index (χ4n) is 2.12. The number of anilines is 1. The lowest BCUT2D eigenvalue weighted by molar-refractivity contribution is 0.386. The van der Waals surface area contributed by atoms with Crippen molar-refractivity contribution in [2.45, 2.75) is 4.90 Å². The highest BCUT2D eigenvalue weighted by Crippen LogP contribution is 2.23. The molecule has 0 unspecified atom stereocenters. The van der Waals surface area contributed by atoms with E-state index >= 15 is 0 Å². The first-order chi connectivity index (χ1) is 10.9. The number of aromatic nitrogens is 2. The van der Waals surface area contributed by atoms with Crippen LogP contribution in [0.2, 0.25) is 0 Å². The maximum Gasteiger partial charge on any atom is 0.323 e. The largest absolute Gasteiger partial charge is 0.494 e. The Kier molecular flexibility index (Phi) is 3.57. The third-order valence-corrected chi connectivity index (χ3v) is 4.58. The second-order valence-corrected chi connectivity index (χ2v) is 6.42. The molecule has 1 aromatic heterocycles. The predicted molar refractivity (Wildman–Crippen MR) is 82.7 cm³/mol. The van der Waals surface area contributed by atoms with Gasteiger partial charge in [-0.05, 0) is 30.3 Å². The Morgan fingerprint density at radius 3 is 2.52 bits per heavy atom. The van der Waals surface area contributed by atoms with E-state index in [1.165, 1.54) is 37.4 Å². The van der Waals surface area contributed by atoms with E-state index in [0.717, 1.165) is 6.07 Å². The smallest absolute Gasteiger partial charge is 0.323 e. The molecule has 0 amide bonds. The second kappa shape index (κ2) is 5.43. The minimum atomic E-state index is -3.93. The zero-order valence-corrected chi connectivity index (χ0v) is 12.7. The van der Waals surface area contributed by atoms with Gasteiger partial charge in [0.15, 0.2) is 11.6 Å². The lowest BCUT2D eigenvalue weighted by Crippen LogP contribution is -2.13. The first-order valence-corrected chi connectivity index (χ1v) is 7.96. The van der Waals surface area contributed by atoms with Crippen LogP contribution in [-0.4, -0.2) is 25.5 Å². The van der Waals surface area contributed by atoms with Crippen molar-refractivity contribution in [1.29, 1.82) is 0 Å². The van der Waals surface area contributed by atoms with E-state index in [4.69, 9.17) is 4.74 Å². The molecule has 1 heterocycles. The average Bonchev–Trinajstić information content (AvgIpc) is 2.86. The van der Waals surface area contributed by atoms with Gasteiger partial charge in [-0.25, -0.2) is 17.6 Å². The lowest BCUT2D eigenvalue weighted by atomic mass is 10.3. The number of hydrogen-bond acceptors (Lipinski definition) is 4. The normalized spacial score (nSPS) is 11.6. The van der Waals surface area contributed by atoms with Crippen LogP contribution in [0.25, 0.3) is 11.0 Å². The first-order valence-electron chi connectivity index (χ1n) is 6.47. The van der Waals surface area contributed by atoms with Gasteiger partial charge in [0.05, 0.1) is 28.7 Å². The lowest BCUT2D eigenvalue weighted by Gasteiger charge is -2.09. The van der Waals surface area contributed by atoms with Crippen LogP contribution >= 0.6 is 0 Å². The summed E-state index contributed by atoms with van der Waals surface area (Å²) in [6.45, 7) is 0. The molecule has 120 valence electrons. The van der Waals surface area contributed by atoms with Gasteiger partial charge >= 0.3 is 5.69 Å². The van der Waals surface area contributed by atoms with Crippen LogP contribution < -0.4 is 15.1 Å². The van der Waals surface area contributed by atoms with Gasteiger partial charge < -0.3 is 14.7 Å². The van der Waals surface area contributed by atoms with Crippen molar-refractivity contribution in [1.82, 2.24) is 9.97 Å². The van der Waals surface area contributed by atoms with Gasteiger partial charge in [0, 0.05) is 6.07 Å². The summed E-state index contributed by atoms with van der Waals surface area (Å²) in [6, 6.07) is 7.85. The molecule has 0 spiro atoms. The van der Waals surface area contributed by atoms with Gasteiger partial charge in [0.2, 0.25) is 0 Å². The van der Waals surface area contributed by atoms with Crippen molar-refractivity contribution < 1.29 is 17.5 Å². The van der Waals surface area contributed by atoms with Crippen LogP contribution in [0.3, 0.4) is 0 Å². The molecular formula is C14H12FN3O4S. The van der Waals surface area contributed by atoms with E-state index in [0.29, 0.717) is 11.0 Å². The zero-order valence-electron chi connectivity index (χ0n) is 11.9. The average molecular weight is 337 g/mol. The van der Waals surface area contributed by atoms with Gasteiger partial charge in [-0.3, -0.25) is 4.72 Å². The molecule has 23 heavy (non-hydrogen) atoms. The minimum Gasteiger partial charge on any atom is -0.494 e. The van der Waals surface area contributed by atoms with Crippen LogP contribution in [0.4, 0.5) is 10.1 Å². The van der Waals surface area contributed by atoms with Gasteiger partial charge in [0.1, 0.15) is 0 Å². The van der Waals surface area contributed by atoms with E-state index in [1.54, 1.807) is 0 Å². The molecular weight excluding hydrogens is 325 g/mol. The first kappa shape index (κ1) is 15.1. The summed E-state index contributed by atoms with van der Waals surface area (Å²) in [7, 11) is -2.61. The number of fused-ring (bicyclic) bond motifs is 1. The van der Waals surface area contributed by atoms with Crippen LogP contribution in [0.1, 0.15) is 0 Å². The number of nitrogens with one attached hydrogen (secondary N) is 3. The second-order valence-electron chi connectivity index (χ2n) is 4.74. The number of hydrogen-bond donors (Lipinski definition) is 3. The SMILES string of the molecule is COc1ccc(NS(=O)(=O)c2ccc3[nH]c(=O)[nH]c3c2)cc1F. The summed E-state index contributed by atoms with van der Waals surface area (Å²) in [6.07, 6.45) is 0. The number of H-pyrrole nitrogens is 2. The molecule has 9 heteroatoms. The van der Waals surface area contributed by atoms with Crippen molar-refractivity contribution in [3.8, 4) is 5.75 Å². The summed E-state index contributed by atoms with van der Waals surface area (Å²) in [5.74, 6) is -0.669. The number of rotatable bonds is 4. The highest BCUT2D eigenvalue weighted by molar-refractivity contribution is 7.92. The third-order valence-electron chi connectivity index (χ3n) is 3.20. The molecule has 3 N–H and O–H groups in total. The minimum absolute atomic E-state index is 0.0132. The maximum atomic E-state index is 13.6. The Morgan fingerprint density at radius 1 is 1.09 bits per heavy atom. The molecule has 3 rings (SSSR count). The molecule has 2 aromatic carbocycles. The molecule has 7 nitrogen and oxygen atoms in total. The number of imidazole rings is 1. The number of aromatic amines is 2. The number of methoxy groups -OCH3 is 1. The van der Waals surface area contributed by atoms with E-state index in [2.05, 4.69) is 14.7 Å². The van der Waals surface area contributed by atoms with E-state index < -0.39 is 21.5 Å². The Balaban J connectivity index is 1.96. The molecule has 0 aliphatic heterocycles. The van der Waals surface area contributed by atoms with Crippen molar-refractivity contribution >= 4 is 26.7 Å². The molecule has 0 atom stereocenters. The Hall–Kier alpha value is -2.81. The van der Waals surface area contributed by atoms with Gasteiger partial charge in [-0.2, -0.15) is 0 Å². The summed E-state index contributed by atoms with van der Waals surface area (Å²) in [4.78, 5) is 16.1. The zero-order chi connectivity index (χ0) is 16.6. The van der Waals surface area contributed by atoms with E-state index in [1.807, 2.05) is 0 Å². The quantitative estimate of drug-likeness (QED) is 0.675. The summed E-state index contributed by atoms with van der Waals surface area (Å²) in [5, 5.41) is 0. The van der Waals surface area contributed by atoms with Crippen molar-refractivity contribution in [2.75, 3.05) is 11.8 Å². The van der Waals surface area contributed by atoms with Crippen molar-refractivity contribution in [3.63, 3.8) is 0 Å². The monoisotopic (exact) mass is 337 g/mol.